The number of urea groups is 1. The van der Waals surface area contributed by atoms with E-state index in [9.17, 15) is 4.79 Å². The molecule has 0 aromatic heterocycles. The first-order chi connectivity index (χ1) is 10.2. The molecule has 1 fully saturated rings. The van der Waals surface area contributed by atoms with Crippen molar-refractivity contribution < 1.29 is 4.79 Å². The first kappa shape index (κ1) is 15.8. The third-order valence-corrected chi connectivity index (χ3v) is 4.47. The van der Waals surface area contributed by atoms with Crippen molar-refractivity contribution in [2.45, 2.75) is 51.1 Å². The summed E-state index contributed by atoms with van der Waals surface area (Å²) in [5.41, 5.74) is 7.02. The quantitative estimate of drug-likeness (QED) is 0.846. The Labute approximate surface area is 127 Å². The van der Waals surface area contributed by atoms with Crippen LogP contribution in [-0.4, -0.2) is 29.6 Å². The average Bonchev–Trinajstić information content (AvgIpc) is 3.01. The Kier molecular flexibility index (Phi) is 5.62. The van der Waals surface area contributed by atoms with E-state index in [2.05, 4.69) is 12.2 Å². The monoisotopic (exact) mass is 289 g/mol. The number of nitrogens with two attached hydrogens (primary N) is 1. The molecule has 0 unspecified atom stereocenters. The van der Waals surface area contributed by atoms with E-state index in [1.807, 2.05) is 35.2 Å². The molecule has 4 nitrogen and oxygen atoms in total. The van der Waals surface area contributed by atoms with Gasteiger partial charge in [0, 0.05) is 19.6 Å². The molecule has 0 aliphatic heterocycles. The van der Waals surface area contributed by atoms with E-state index in [1.54, 1.807) is 0 Å². The summed E-state index contributed by atoms with van der Waals surface area (Å²) in [7, 11) is 0. The van der Waals surface area contributed by atoms with Gasteiger partial charge in [0.05, 0.1) is 5.54 Å². The van der Waals surface area contributed by atoms with Crippen LogP contribution in [0.4, 0.5) is 4.79 Å². The molecule has 1 saturated carbocycles. The zero-order valence-corrected chi connectivity index (χ0v) is 13.0. The maximum absolute atomic E-state index is 12.6. The van der Waals surface area contributed by atoms with Crippen molar-refractivity contribution in [3.63, 3.8) is 0 Å². The van der Waals surface area contributed by atoms with Crippen LogP contribution in [0.25, 0.3) is 0 Å². The minimum Gasteiger partial charge on any atom is -0.334 e. The highest BCUT2D eigenvalue weighted by atomic mass is 16.2. The van der Waals surface area contributed by atoms with E-state index in [-0.39, 0.29) is 11.6 Å². The van der Waals surface area contributed by atoms with E-state index < -0.39 is 0 Å². The molecular weight excluding hydrogens is 262 g/mol. The van der Waals surface area contributed by atoms with Crippen LogP contribution in [0.3, 0.4) is 0 Å². The Morgan fingerprint density at radius 3 is 2.52 bits per heavy atom. The van der Waals surface area contributed by atoms with Gasteiger partial charge in [0.1, 0.15) is 0 Å². The molecule has 1 aliphatic carbocycles. The first-order valence-corrected chi connectivity index (χ1v) is 8.01. The molecule has 2 rings (SSSR count). The minimum absolute atomic E-state index is 0.0213. The van der Waals surface area contributed by atoms with Crippen LogP contribution < -0.4 is 11.1 Å². The number of carbonyl (C=O) groups excluding carboxylic acids is 1. The molecule has 1 aromatic rings. The zero-order valence-electron chi connectivity index (χ0n) is 13.0. The number of nitrogens with zero attached hydrogens (tertiary/aromatic N) is 1. The standard InChI is InChI=1S/C17H27N3O/c1-2-12-20(17(14-18)10-6-7-11-17)16(21)19-13-15-8-4-3-5-9-15/h3-5,8-9H,2,6-7,10-14,18H2,1H3,(H,19,21). The Morgan fingerprint density at radius 1 is 1.29 bits per heavy atom. The predicted molar refractivity (Wildman–Crippen MR) is 85.9 cm³/mol. The van der Waals surface area contributed by atoms with E-state index in [0.29, 0.717) is 13.1 Å². The summed E-state index contributed by atoms with van der Waals surface area (Å²) in [5, 5.41) is 3.05. The summed E-state index contributed by atoms with van der Waals surface area (Å²) < 4.78 is 0. The Hall–Kier alpha value is -1.55. The summed E-state index contributed by atoms with van der Waals surface area (Å²) in [6.45, 7) is 4.01. The molecule has 1 aliphatic rings. The number of hydrogen-bond acceptors (Lipinski definition) is 2. The summed E-state index contributed by atoms with van der Waals surface area (Å²) in [6, 6.07) is 10.0. The van der Waals surface area contributed by atoms with Gasteiger partial charge in [-0.3, -0.25) is 0 Å². The highest BCUT2D eigenvalue weighted by Crippen LogP contribution is 2.34. The minimum atomic E-state index is -0.128. The van der Waals surface area contributed by atoms with Crippen LogP contribution in [0.1, 0.15) is 44.6 Å². The molecule has 21 heavy (non-hydrogen) atoms. The van der Waals surface area contributed by atoms with Crippen molar-refractivity contribution in [2.75, 3.05) is 13.1 Å². The molecule has 3 N–H and O–H groups in total. The predicted octanol–water partition coefficient (Wildman–Crippen LogP) is 2.88. The number of amides is 2. The SMILES string of the molecule is CCCN(C(=O)NCc1ccccc1)C1(CN)CCCC1. The van der Waals surface area contributed by atoms with Gasteiger partial charge >= 0.3 is 6.03 Å². The smallest absolute Gasteiger partial charge is 0.318 e. The Morgan fingerprint density at radius 2 is 1.95 bits per heavy atom. The van der Waals surface area contributed by atoms with Crippen molar-refractivity contribution in [3.05, 3.63) is 35.9 Å². The van der Waals surface area contributed by atoms with Crippen LogP contribution in [0.2, 0.25) is 0 Å². The van der Waals surface area contributed by atoms with Gasteiger partial charge in [-0.05, 0) is 24.8 Å². The molecule has 0 bridgehead atoms. The van der Waals surface area contributed by atoms with E-state index >= 15 is 0 Å². The van der Waals surface area contributed by atoms with Gasteiger partial charge in [-0.15, -0.1) is 0 Å². The third kappa shape index (κ3) is 3.76. The second-order valence-electron chi connectivity index (χ2n) is 5.93. The molecular formula is C17H27N3O. The van der Waals surface area contributed by atoms with E-state index in [0.717, 1.165) is 31.4 Å². The van der Waals surface area contributed by atoms with Gasteiger partial charge in [-0.1, -0.05) is 50.1 Å². The maximum Gasteiger partial charge on any atom is 0.318 e. The van der Waals surface area contributed by atoms with Gasteiger partial charge in [-0.2, -0.15) is 0 Å². The zero-order chi connectivity index (χ0) is 15.1. The van der Waals surface area contributed by atoms with Crippen molar-refractivity contribution in [1.29, 1.82) is 0 Å². The van der Waals surface area contributed by atoms with Crippen LogP contribution >= 0.6 is 0 Å². The number of hydrogen-bond donors (Lipinski definition) is 2. The molecule has 0 heterocycles. The van der Waals surface area contributed by atoms with Crippen LogP contribution in [0.5, 0.6) is 0 Å². The molecule has 2 amide bonds. The topological polar surface area (TPSA) is 58.4 Å². The molecule has 4 heteroatoms. The summed E-state index contributed by atoms with van der Waals surface area (Å²) in [5.74, 6) is 0. The van der Waals surface area contributed by atoms with Crippen molar-refractivity contribution in [2.24, 2.45) is 5.73 Å². The van der Waals surface area contributed by atoms with Gasteiger partial charge in [0.25, 0.3) is 0 Å². The highest BCUT2D eigenvalue weighted by Gasteiger charge is 2.40. The lowest BCUT2D eigenvalue weighted by molar-refractivity contribution is 0.119. The number of rotatable bonds is 6. The Bertz CT molecular complexity index is 441. The first-order valence-electron chi connectivity index (χ1n) is 8.01. The lowest BCUT2D eigenvalue weighted by Crippen LogP contribution is -2.57. The second-order valence-corrected chi connectivity index (χ2v) is 5.93. The van der Waals surface area contributed by atoms with Crippen LogP contribution in [-0.2, 0) is 6.54 Å². The van der Waals surface area contributed by atoms with Gasteiger partial charge in [0.2, 0.25) is 0 Å². The fourth-order valence-corrected chi connectivity index (χ4v) is 3.26. The molecule has 0 spiro atoms. The second kappa shape index (κ2) is 7.46. The number of nitrogens with one attached hydrogen (secondary N) is 1. The largest absolute Gasteiger partial charge is 0.334 e. The van der Waals surface area contributed by atoms with Crippen molar-refractivity contribution in [3.8, 4) is 0 Å². The van der Waals surface area contributed by atoms with Crippen molar-refractivity contribution >= 4 is 6.03 Å². The average molecular weight is 289 g/mol. The summed E-state index contributed by atoms with van der Waals surface area (Å²) >= 11 is 0. The number of carbonyl (C=O) groups is 1. The van der Waals surface area contributed by atoms with E-state index in [4.69, 9.17) is 5.73 Å². The van der Waals surface area contributed by atoms with Gasteiger partial charge in [-0.25, -0.2) is 4.79 Å². The number of benzene rings is 1. The molecule has 0 saturated heterocycles. The fraction of sp³-hybridized carbons (Fsp3) is 0.588. The molecule has 1 aromatic carbocycles. The van der Waals surface area contributed by atoms with Gasteiger partial charge in [0.15, 0.2) is 0 Å². The Balaban J connectivity index is 2.01. The van der Waals surface area contributed by atoms with Crippen molar-refractivity contribution in [1.82, 2.24) is 10.2 Å². The fourth-order valence-electron chi connectivity index (χ4n) is 3.26. The molecule has 0 radical (unpaired) electrons. The summed E-state index contributed by atoms with van der Waals surface area (Å²) in [6.07, 6.45) is 5.36. The normalized spacial score (nSPS) is 16.7. The molecule has 0 atom stereocenters. The third-order valence-electron chi connectivity index (χ3n) is 4.47. The molecule has 116 valence electrons. The van der Waals surface area contributed by atoms with Crippen LogP contribution in [0.15, 0.2) is 30.3 Å². The lowest BCUT2D eigenvalue weighted by Gasteiger charge is -2.40. The summed E-state index contributed by atoms with van der Waals surface area (Å²) in [4.78, 5) is 14.6. The lowest BCUT2D eigenvalue weighted by atomic mass is 9.95. The highest BCUT2D eigenvalue weighted by molar-refractivity contribution is 5.75. The van der Waals surface area contributed by atoms with Crippen LogP contribution in [0, 0.1) is 0 Å². The van der Waals surface area contributed by atoms with E-state index in [1.165, 1.54) is 12.8 Å². The maximum atomic E-state index is 12.6. The van der Waals surface area contributed by atoms with Gasteiger partial charge < -0.3 is 16.0 Å².